The maximum Gasteiger partial charge on any atom is 0.253 e. The van der Waals surface area contributed by atoms with Crippen molar-refractivity contribution in [3.05, 3.63) is 35.4 Å². The van der Waals surface area contributed by atoms with Crippen molar-refractivity contribution in [3.8, 4) is 0 Å². The first-order chi connectivity index (χ1) is 8.88. The highest BCUT2D eigenvalue weighted by Gasteiger charge is 2.28. The molecule has 1 aliphatic heterocycles. The zero-order valence-corrected chi connectivity index (χ0v) is 12.1. The molecule has 0 aromatic heterocycles. The third-order valence-corrected chi connectivity index (χ3v) is 5.32. The van der Waals surface area contributed by atoms with E-state index in [4.69, 9.17) is 0 Å². The number of nitrogens with zero attached hydrogens (tertiary/aromatic N) is 1. The lowest BCUT2D eigenvalue weighted by molar-refractivity contribution is 0.0726. The average molecular weight is 281 g/mol. The van der Waals surface area contributed by atoms with Crippen LogP contribution in [0.25, 0.3) is 0 Å². The largest absolute Gasteiger partial charge is 0.339 e. The fourth-order valence-corrected chi connectivity index (χ4v) is 3.43. The maximum absolute atomic E-state index is 12.2. The number of likely N-dealkylation sites (tertiary alicyclic amines) is 1. The lowest BCUT2D eigenvalue weighted by Gasteiger charge is -2.31. The number of aryl methyl sites for hydroxylation is 1. The Kier molecular flexibility index (Phi) is 3.94. The zero-order valence-electron chi connectivity index (χ0n) is 11.3. The first-order valence-electron chi connectivity index (χ1n) is 6.43. The highest BCUT2D eigenvalue weighted by Crippen LogP contribution is 2.19. The van der Waals surface area contributed by atoms with Gasteiger partial charge in [0.05, 0.1) is 5.25 Å². The minimum absolute atomic E-state index is 0.00745. The summed E-state index contributed by atoms with van der Waals surface area (Å²) in [5.74, 6) is -0.00745. The number of hydrogen-bond acceptors (Lipinski definition) is 3. The van der Waals surface area contributed by atoms with Crippen LogP contribution in [0.5, 0.6) is 0 Å². The number of carbonyl (C=O) groups excluding carboxylic acids is 1. The average Bonchev–Trinajstić information content (AvgIpc) is 2.38. The molecular weight excluding hydrogens is 262 g/mol. The number of carbonyl (C=O) groups is 1. The van der Waals surface area contributed by atoms with Gasteiger partial charge in [0, 0.05) is 24.9 Å². The smallest absolute Gasteiger partial charge is 0.253 e. The Morgan fingerprint density at radius 2 is 1.68 bits per heavy atom. The molecule has 104 valence electrons. The van der Waals surface area contributed by atoms with E-state index in [1.54, 1.807) is 4.90 Å². The molecule has 1 saturated heterocycles. The van der Waals surface area contributed by atoms with Crippen molar-refractivity contribution < 1.29 is 13.2 Å². The predicted molar refractivity (Wildman–Crippen MR) is 74.9 cm³/mol. The summed E-state index contributed by atoms with van der Waals surface area (Å²) in [7, 11) is -2.98. The van der Waals surface area contributed by atoms with E-state index < -0.39 is 9.84 Å². The molecule has 1 aromatic rings. The Balaban J connectivity index is 2.02. The van der Waals surface area contributed by atoms with Crippen LogP contribution in [0.1, 0.15) is 28.8 Å². The van der Waals surface area contributed by atoms with E-state index >= 15 is 0 Å². The van der Waals surface area contributed by atoms with Gasteiger partial charge < -0.3 is 4.90 Å². The molecule has 0 bridgehead atoms. The van der Waals surface area contributed by atoms with E-state index in [1.165, 1.54) is 6.26 Å². The van der Waals surface area contributed by atoms with Crippen molar-refractivity contribution in [2.45, 2.75) is 25.0 Å². The summed E-state index contributed by atoms with van der Waals surface area (Å²) in [6.45, 7) is 3.01. The fourth-order valence-electron chi connectivity index (χ4n) is 2.37. The van der Waals surface area contributed by atoms with Crippen molar-refractivity contribution in [1.29, 1.82) is 0 Å². The number of sulfone groups is 1. The van der Waals surface area contributed by atoms with Gasteiger partial charge in [-0.25, -0.2) is 8.42 Å². The van der Waals surface area contributed by atoms with Gasteiger partial charge in [0.1, 0.15) is 9.84 Å². The Bertz CT molecular complexity index is 555. The normalized spacial score (nSPS) is 17.5. The molecule has 0 unspecified atom stereocenters. The van der Waals surface area contributed by atoms with E-state index in [0.29, 0.717) is 31.5 Å². The summed E-state index contributed by atoms with van der Waals surface area (Å²) in [6, 6.07) is 7.47. The van der Waals surface area contributed by atoms with Crippen molar-refractivity contribution in [1.82, 2.24) is 4.90 Å². The zero-order chi connectivity index (χ0) is 14.0. The quantitative estimate of drug-likeness (QED) is 0.828. The summed E-state index contributed by atoms with van der Waals surface area (Å²) in [6.07, 6.45) is 2.35. The van der Waals surface area contributed by atoms with Gasteiger partial charge in [-0.3, -0.25) is 4.79 Å². The number of rotatable bonds is 2. The van der Waals surface area contributed by atoms with Gasteiger partial charge in [-0.15, -0.1) is 0 Å². The van der Waals surface area contributed by atoms with Gasteiger partial charge >= 0.3 is 0 Å². The second-order valence-electron chi connectivity index (χ2n) is 5.19. The molecule has 1 fully saturated rings. The van der Waals surface area contributed by atoms with Crippen LogP contribution in [0.2, 0.25) is 0 Å². The minimum atomic E-state index is -2.98. The molecule has 0 N–H and O–H groups in total. The van der Waals surface area contributed by atoms with Crippen molar-refractivity contribution in [2.75, 3.05) is 19.3 Å². The van der Waals surface area contributed by atoms with Gasteiger partial charge in [-0.1, -0.05) is 17.7 Å². The molecule has 1 heterocycles. The molecule has 0 radical (unpaired) electrons. The van der Waals surface area contributed by atoms with Crippen molar-refractivity contribution >= 4 is 15.7 Å². The van der Waals surface area contributed by atoms with Crippen molar-refractivity contribution in [3.63, 3.8) is 0 Å². The molecule has 0 aliphatic carbocycles. The van der Waals surface area contributed by atoms with Crippen LogP contribution in [0.15, 0.2) is 24.3 Å². The van der Waals surface area contributed by atoms with Crippen molar-refractivity contribution in [2.24, 2.45) is 0 Å². The molecule has 0 saturated carbocycles. The molecule has 2 rings (SSSR count). The Hall–Kier alpha value is -1.36. The first-order valence-corrected chi connectivity index (χ1v) is 8.38. The summed E-state index contributed by atoms with van der Waals surface area (Å²) in [4.78, 5) is 14.0. The van der Waals surface area contributed by atoms with Crippen LogP contribution in [0.3, 0.4) is 0 Å². The second kappa shape index (κ2) is 5.33. The predicted octanol–water partition coefficient (Wildman–Crippen LogP) is 1.64. The fraction of sp³-hybridized carbons (Fsp3) is 0.500. The molecule has 0 spiro atoms. The van der Waals surface area contributed by atoms with Gasteiger partial charge in [-0.05, 0) is 31.9 Å². The standard InChI is InChI=1S/C14H19NO3S/c1-11-3-5-12(6-4-11)14(16)15-9-7-13(8-10-15)19(2,17)18/h3-6,13H,7-10H2,1-2H3. The second-order valence-corrected chi connectivity index (χ2v) is 7.51. The molecule has 5 heteroatoms. The van der Waals surface area contributed by atoms with E-state index in [9.17, 15) is 13.2 Å². The lowest BCUT2D eigenvalue weighted by Crippen LogP contribution is -2.42. The van der Waals surface area contributed by atoms with Crippen LogP contribution < -0.4 is 0 Å². The molecule has 0 atom stereocenters. The van der Waals surface area contributed by atoms with Gasteiger partial charge in [0.25, 0.3) is 5.91 Å². The van der Waals surface area contributed by atoms with Gasteiger partial charge in [0.15, 0.2) is 0 Å². The third-order valence-electron chi connectivity index (χ3n) is 3.63. The maximum atomic E-state index is 12.2. The highest BCUT2D eigenvalue weighted by atomic mass is 32.2. The topological polar surface area (TPSA) is 54.5 Å². The highest BCUT2D eigenvalue weighted by molar-refractivity contribution is 7.91. The van der Waals surface area contributed by atoms with E-state index in [-0.39, 0.29) is 11.2 Å². The summed E-state index contributed by atoms with van der Waals surface area (Å²) in [5.41, 5.74) is 1.79. The van der Waals surface area contributed by atoms with Crippen LogP contribution in [0, 0.1) is 6.92 Å². The van der Waals surface area contributed by atoms with E-state index in [1.807, 2.05) is 31.2 Å². The summed E-state index contributed by atoms with van der Waals surface area (Å²) in [5, 5.41) is -0.297. The lowest BCUT2D eigenvalue weighted by atomic mass is 10.1. The van der Waals surface area contributed by atoms with E-state index in [2.05, 4.69) is 0 Å². The minimum Gasteiger partial charge on any atom is -0.339 e. The Morgan fingerprint density at radius 3 is 2.16 bits per heavy atom. The number of benzene rings is 1. The van der Waals surface area contributed by atoms with Gasteiger partial charge in [0.2, 0.25) is 0 Å². The SMILES string of the molecule is Cc1ccc(C(=O)N2CCC(S(C)(=O)=O)CC2)cc1. The van der Waals surface area contributed by atoms with Crippen LogP contribution in [0.4, 0.5) is 0 Å². The van der Waals surface area contributed by atoms with Gasteiger partial charge in [-0.2, -0.15) is 0 Å². The molecular formula is C14H19NO3S. The molecule has 1 aromatic carbocycles. The first kappa shape index (κ1) is 14.1. The molecule has 4 nitrogen and oxygen atoms in total. The number of piperidine rings is 1. The van der Waals surface area contributed by atoms with E-state index in [0.717, 1.165) is 5.56 Å². The third kappa shape index (κ3) is 3.35. The Morgan fingerprint density at radius 1 is 1.16 bits per heavy atom. The van der Waals surface area contributed by atoms with Crippen LogP contribution in [-0.2, 0) is 9.84 Å². The monoisotopic (exact) mass is 281 g/mol. The van der Waals surface area contributed by atoms with Crippen LogP contribution >= 0.6 is 0 Å². The number of amides is 1. The molecule has 1 aliphatic rings. The van der Waals surface area contributed by atoms with Crippen LogP contribution in [-0.4, -0.2) is 43.8 Å². The number of hydrogen-bond donors (Lipinski definition) is 0. The Labute approximate surface area is 114 Å². The summed E-state index contributed by atoms with van der Waals surface area (Å²) < 4.78 is 22.9. The molecule has 1 amide bonds. The summed E-state index contributed by atoms with van der Waals surface area (Å²) >= 11 is 0. The molecule has 19 heavy (non-hydrogen) atoms.